The molecule has 0 radical (unpaired) electrons. The predicted octanol–water partition coefficient (Wildman–Crippen LogP) is 0.548. The van der Waals surface area contributed by atoms with Gasteiger partial charge in [0.1, 0.15) is 6.61 Å². The van der Waals surface area contributed by atoms with E-state index in [4.69, 9.17) is 9.88 Å². The van der Waals surface area contributed by atoms with Crippen LogP contribution in [-0.4, -0.2) is 27.5 Å². The molecule has 0 aliphatic heterocycles. The fourth-order valence-electron chi connectivity index (χ4n) is 1.51. The largest absolute Gasteiger partial charge is 0.372 e. The molecule has 19 heavy (non-hydrogen) atoms. The van der Waals surface area contributed by atoms with Gasteiger partial charge in [-0.2, -0.15) is 0 Å². The Morgan fingerprint density at radius 1 is 1.37 bits per heavy atom. The van der Waals surface area contributed by atoms with Crippen LogP contribution in [0.15, 0.2) is 29.2 Å². The van der Waals surface area contributed by atoms with E-state index in [1.54, 1.807) is 19.1 Å². The number of amides is 1. The van der Waals surface area contributed by atoms with Crippen molar-refractivity contribution in [3.8, 4) is 0 Å². The van der Waals surface area contributed by atoms with E-state index < -0.39 is 10.0 Å². The Labute approximate surface area is 113 Å². The van der Waals surface area contributed by atoms with Crippen LogP contribution >= 0.6 is 0 Å². The van der Waals surface area contributed by atoms with E-state index in [9.17, 15) is 13.2 Å². The van der Waals surface area contributed by atoms with Gasteiger partial charge in [0.05, 0.1) is 10.9 Å². The molecule has 0 saturated heterocycles. The molecule has 0 heterocycles. The number of nitrogens with one attached hydrogen (secondary N) is 1. The number of carbonyl (C=O) groups excluding carboxylic acids is 1. The number of rotatable bonds is 6. The molecule has 1 atom stereocenters. The molecule has 0 aliphatic rings. The second kappa shape index (κ2) is 6.65. The summed E-state index contributed by atoms with van der Waals surface area (Å²) in [5.74, 6) is -0.218. The summed E-state index contributed by atoms with van der Waals surface area (Å²) in [4.78, 5) is 11.5. The maximum absolute atomic E-state index is 11.5. The van der Waals surface area contributed by atoms with Gasteiger partial charge >= 0.3 is 0 Å². The fourth-order valence-corrected chi connectivity index (χ4v) is 2.02. The minimum Gasteiger partial charge on any atom is -0.372 e. The van der Waals surface area contributed by atoms with Gasteiger partial charge in [-0.1, -0.05) is 12.1 Å². The molecule has 0 aromatic heterocycles. The molecule has 0 aliphatic carbocycles. The first-order valence-corrected chi connectivity index (χ1v) is 7.39. The average molecular weight is 286 g/mol. The van der Waals surface area contributed by atoms with Crippen LogP contribution in [0.25, 0.3) is 0 Å². The van der Waals surface area contributed by atoms with E-state index in [0.29, 0.717) is 6.61 Å². The van der Waals surface area contributed by atoms with Gasteiger partial charge in [0, 0.05) is 6.61 Å². The highest BCUT2D eigenvalue weighted by atomic mass is 32.2. The molecular weight excluding hydrogens is 268 g/mol. The smallest absolute Gasteiger partial charge is 0.246 e. The standard InChI is InChI=1S/C12H18N2O4S/c1-3-18-8-12(15)14-9(2)10-4-6-11(7-5-10)19(13,16)17/h4-7,9H,3,8H2,1-2H3,(H,14,15)(H2,13,16,17)/t9-/m0/s1. The first-order chi connectivity index (χ1) is 8.84. The van der Waals surface area contributed by atoms with E-state index in [1.807, 2.05) is 6.92 Å². The van der Waals surface area contributed by atoms with Crippen molar-refractivity contribution in [1.82, 2.24) is 5.32 Å². The van der Waals surface area contributed by atoms with E-state index in [0.717, 1.165) is 5.56 Å². The van der Waals surface area contributed by atoms with E-state index in [1.165, 1.54) is 12.1 Å². The van der Waals surface area contributed by atoms with Crippen LogP contribution in [0.3, 0.4) is 0 Å². The summed E-state index contributed by atoms with van der Waals surface area (Å²) in [5.41, 5.74) is 0.789. The Kier molecular flexibility index (Phi) is 5.46. The maximum Gasteiger partial charge on any atom is 0.246 e. The minimum absolute atomic E-state index is 0.0100. The number of sulfonamides is 1. The van der Waals surface area contributed by atoms with Crippen molar-refractivity contribution in [2.75, 3.05) is 13.2 Å². The number of ether oxygens (including phenoxy) is 1. The zero-order valence-corrected chi connectivity index (χ0v) is 11.7. The summed E-state index contributed by atoms with van der Waals surface area (Å²) < 4.78 is 27.2. The zero-order chi connectivity index (χ0) is 14.5. The van der Waals surface area contributed by atoms with Gasteiger partial charge in [0.15, 0.2) is 0 Å². The van der Waals surface area contributed by atoms with Crippen molar-refractivity contribution >= 4 is 15.9 Å². The molecule has 6 nitrogen and oxygen atoms in total. The van der Waals surface area contributed by atoms with Crippen molar-refractivity contribution in [1.29, 1.82) is 0 Å². The lowest BCUT2D eigenvalue weighted by Crippen LogP contribution is -2.30. The minimum atomic E-state index is -3.69. The summed E-state index contributed by atoms with van der Waals surface area (Å²) in [6.45, 7) is 4.10. The first-order valence-electron chi connectivity index (χ1n) is 5.84. The van der Waals surface area contributed by atoms with Crippen LogP contribution in [0.5, 0.6) is 0 Å². The van der Waals surface area contributed by atoms with Crippen LogP contribution in [0.1, 0.15) is 25.5 Å². The molecule has 1 rings (SSSR count). The molecule has 0 fully saturated rings. The third-order valence-corrected chi connectivity index (χ3v) is 3.45. The third kappa shape index (κ3) is 4.98. The van der Waals surface area contributed by atoms with E-state index in [-0.39, 0.29) is 23.5 Å². The molecular formula is C12H18N2O4S. The molecule has 1 amide bonds. The number of carbonyl (C=O) groups is 1. The lowest BCUT2D eigenvalue weighted by atomic mass is 10.1. The summed E-state index contributed by atoms with van der Waals surface area (Å²) in [6.07, 6.45) is 0. The Balaban J connectivity index is 2.68. The first kappa shape index (κ1) is 15.6. The topological polar surface area (TPSA) is 98.5 Å². The molecule has 0 bridgehead atoms. The molecule has 7 heteroatoms. The van der Waals surface area contributed by atoms with Gasteiger partial charge in [0.2, 0.25) is 15.9 Å². The Bertz CT molecular complexity index is 525. The van der Waals surface area contributed by atoms with Crippen molar-refractivity contribution in [2.24, 2.45) is 5.14 Å². The second-order valence-corrected chi connectivity index (χ2v) is 5.60. The van der Waals surface area contributed by atoms with Gasteiger partial charge in [-0.05, 0) is 31.5 Å². The van der Waals surface area contributed by atoms with Crippen LogP contribution in [0.2, 0.25) is 0 Å². The number of benzene rings is 1. The summed E-state index contributed by atoms with van der Waals surface area (Å²) in [7, 11) is -3.69. The van der Waals surface area contributed by atoms with Gasteiger partial charge < -0.3 is 10.1 Å². The van der Waals surface area contributed by atoms with Crippen LogP contribution in [0.4, 0.5) is 0 Å². The van der Waals surface area contributed by atoms with Gasteiger partial charge in [-0.25, -0.2) is 13.6 Å². The Morgan fingerprint density at radius 3 is 2.42 bits per heavy atom. The van der Waals surface area contributed by atoms with Crippen LogP contribution in [0, 0.1) is 0 Å². The van der Waals surface area contributed by atoms with Crippen LogP contribution in [-0.2, 0) is 19.6 Å². The van der Waals surface area contributed by atoms with Crippen molar-refractivity contribution < 1.29 is 17.9 Å². The number of primary sulfonamides is 1. The molecule has 106 valence electrons. The Morgan fingerprint density at radius 2 is 1.95 bits per heavy atom. The van der Waals surface area contributed by atoms with Crippen molar-refractivity contribution in [3.05, 3.63) is 29.8 Å². The highest BCUT2D eigenvalue weighted by Gasteiger charge is 2.11. The molecule has 1 aromatic carbocycles. The number of nitrogens with two attached hydrogens (primary N) is 1. The van der Waals surface area contributed by atoms with Crippen molar-refractivity contribution in [3.63, 3.8) is 0 Å². The van der Waals surface area contributed by atoms with Crippen LogP contribution < -0.4 is 10.5 Å². The average Bonchev–Trinajstić information content (AvgIpc) is 2.35. The fraction of sp³-hybridized carbons (Fsp3) is 0.417. The lowest BCUT2D eigenvalue weighted by Gasteiger charge is -2.14. The summed E-state index contributed by atoms with van der Waals surface area (Å²) in [5, 5.41) is 7.75. The summed E-state index contributed by atoms with van der Waals surface area (Å²) >= 11 is 0. The lowest BCUT2D eigenvalue weighted by molar-refractivity contribution is -0.126. The molecule has 0 saturated carbocycles. The predicted molar refractivity (Wildman–Crippen MR) is 70.9 cm³/mol. The second-order valence-electron chi connectivity index (χ2n) is 4.04. The highest BCUT2D eigenvalue weighted by molar-refractivity contribution is 7.89. The molecule has 0 spiro atoms. The molecule has 0 unspecified atom stereocenters. The Hall–Kier alpha value is -1.44. The van der Waals surface area contributed by atoms with Gasteiger partial charge in [-0.15, -0.1) is 0 Å². The monoisotopic (exact) mass is 286 g/mol. The number of hydrogen-bond donors (Lipinski definition) is 2. The van der Waals surface area contributed by atoms with Gasteiger partial charge in [-0.3, -0.25) is 4.79 Å². The molecule has 3 N–H and O–H groups in total. The van der Waals surface area contributed by atoms with Gasteiger partial charge in [0.25, 0.3) is 0 Å². The highest BCUT2D eigenvalue weighted by Crippen LogP contribution is 2.15. The van der Waals surface area contributed by atoms with E-state index in [2.05, 4.69) is 5.32 Å². The maximum atomic E-state index is 11.5. The normalized spacial score (nSPS) is 13.0. The quantitative estimate of drug-likeness (QED) is 0.797. The van der Waals surface area contributed by atoms with E-state index >= 15 is 0 Å². The SMILES string of the molecule is CCOCC(=O)N[C@@H](C)c1ccc(S(N)(=O)=O)cc1. The van der Waals surface area contributed by atoms with Crippen molar-refractivity contribution in [2.45, 2.75) is 24.8 Å². The summed E-state index contributed by atoms with van der Waals surface area (Å²) in [6, 6.07) is 5.82. The zero-order valence-electron chi connectivity index (χ0n) is 10.9. The number of hydrogen-bond acceptors (Lipinski definition) is 4. The third-order valence-electron chi connectivity index (χ3n) is 2.52. The molecule has 1 aromatic rings.